The van der Waals surface area contributed by atoms with Gasteiger partial charge >= 0.3 is 0 Å². The molecule has 1 amide bonds. The van der Waals surface area contributed by atoms with Crippen LogP contribution in [0.2, 0.25) is 0 Å². The molecule has 1 aliphatic rings. The minimum atomic E-state index is -0.575. The molecule has 0 radical (unpaired) electrons. The Morgan fingerprint density at radius 1 is 1.22 bits per heavy atom. The summed E-state index contributed by atoms with van der Waals surface area (Å²) in [6, 6.07) is 6.10. The highest BCUT2D eigenvalue weighted by atomic mass is 19.1. The van der Waals surface area contributed by atoms with E-state index in [1.54, 1.807) is 17.0 Å². The average Bonchev–Trinajstić information content (AvgIpc) is 2.33. The second-order valence-electron chi connectivity index (χ2n) is 5.19. The molecule has 1 saturated heterocycles. The number of carbonyl (C=O) groups is 1. The molecule has 18 heavy (non-hydrogen) atoms. The fourth-order valence-corrected chi connectivity index (χ4v) is 2.18. The van der Waals surface area contributed by atoms with Crippen LogP contribution in [0.3, 0.4) is 0 Å². The van der Waals surface area contributed by atoms with Crippen molar-refractivity contribution in [2.24, 2.45) is 0 Å². The Labute approximate surface area is 107 Å². The number of benzene rings is 1. The predicted octanol–water partition coefficient (Wildman–Crippen LogP) is 2.32. The molecule has 98 valence electrons. The molecule has 0 aliphatic carbocycles. The second-order valence-corrected chi connectivity index (χ2v) is 5.19. The van der Waals surface area contributed by atoms with Crippen molar-refractivity contribution in [2.45, 2.75) is 32.2 Å². The van der Waals surface area contributed by atoms with Gasteiger partial charge in [0.1, 0.15) is 5.82 Å². The first kappa shape index (κ1) is 13.0. The zero-order valence-electron chi connectivity index (χ0n) is 10.9. The van der Waals surface area contributed by atoms with E-state index in [1.807, 2.05) is 13.8 Å². The molecule has 1 aromatic carbocycles. The number of hydrogen-bond acceptors (Lipinski definition) is 2. The van der Waals surface area contributed by atoms with Crippen LogP contribution in [-0.4, -0.2) is 24.5 Å². The molecule has 1 N–H and O–H groups in total. The van der Waals surface area contributed by atoms with Gasteiger partial charge in [-0.3, -0.25) is 4.79 Å². The highest BCUT2D eigenvalue weighted by molar-refractivity contribution is 5.99. The largest absolute Gasteiger partial charge is 0.311 e. The standard InChI is InChI=1S/C14H19FN2O/c1-14(2)13(18)17(10-4-3-9-16-14)12-7-5-11(15)6-8-12/h5-8,16H,3-4,9-10H2,1-2H3. The highest BCUT2D eigenvalue weighted by Crippen LogP contribution is 2.21. The van der Waals surface area contributed by atoms with E-state index in [2.05, 4.69) is 5.32 Å². The normalized spacial score (nSPS) is 20.4. The third-order valence-corrected chi connectivity index (χ3v) is 3.29. The number of halogens is 1. The van der Waals surface area contributed by atoms with Crippen LogP contribution in [0.15, 0.2) is 24.3 Å². The molecule has 0 atom stereocenters. The van der Waals surface area contributed by atoms with Crippen molar-refractivity contribution in [3.05, 3.63) is 30.1 Å². The Kier molecular flexibility index (Phi) is 3.66. The number of carbonyl (C=O) groups excluding carboxylic acids is 1. The predicted molar refractivity (Wildman–Crippen MR) is 70.1 cm³/mol. The van der Waals surface area contributed by atoms with Crippen LogP contribution < -0.4 is 10.2 Å². The third-order valence-electron chi connectivity index (χ3n) is 3.29. The van der Waals surface area contributed by atoms with E-state index in [0.29, 0.717) is 6.54 Å². The van der Waals surface area contributed by atoms with Crippen LogP contribution in [0, 0.1) is 5.82 Å². The maximum atomic E-state index is 12.9. The molecular weight excluding hydrogens is 231 g/mol. The van der Waals surface area contributed by atoms with Crippen LogP contribution in [0.5, 0.6) is 0 Å². The fraction of sp³-hybridized carbons (Fsp3) is 0.500. The first-order valence-electron chi connectivity index (χ1n) is 6.33. The molecule has 2 rings (SSSR count). The summed E-state index contributed by atoms with van der Waals surface area (Å²) in [7, 11) is 0. The number of rotatable bonds is 1. The van der Waals surface area contributed by atoms with E-state index >= 15 is 0 Å². The van der Waals surface area contributed by atoms with Gasteiger partial charge in [0.15, 0.2) is 0 Å². The van der Waals surface area contributed by atoms with Gasteiger partial charge in [-0.1, -0.05) is 0 Å². The summed E-state index contributed by atoms with van der Waals surface area (Å²) in [4.78, 5) is 14.2. The Bertz CT molecular complexity index is 428. The lowest BCUT2D eigenvalue weighted by atomic mass is 10.0. The van der Waals surface area contributed by atoms with Crippen LogP contribution in [-0.2, 0) is 4.79 Å². The Hall–Kier alpha value is -1.42. The Morgan fingerprint density at radius 2 is 1.89 bits per heavy atom. The van der Waals surface area contributed by atoms with Crippen molar-refractivity contribution in [1.29, 1.82) is 0 Å². The number of anilines is 1. The summed E-state index contributed by atoms with van der Waals surface area (Å²) >= 11 is 0. The van der Waals surface area contributed by atoms with Crippen LogP contribution in [0.25, 0.3) is 0 Å². The van der Waals surface area contributed by atoms with E-state index in [9.17, 15) is 9.18 Å². The van der Waals surface area contributed by atoms with Gasteiger partial charge in [-0.15, -0.1) is 0 Å². The first-order valence-corrected chi connectivity index (χ1v) is 6.33. The van der Waals surface area contributed by atoms with E-state index < -0.39 is 5.54 Å². The quantitative estimate of drug-likeness (QED) is 0.829. The number of nitrogens with one attached hydrogen (secondary N) is 1. The molecule has 1 heterocycles. The molecule has 3 nitrogen and oxygen atoms in total. The average molecular weight is 250 g/mol. The van der Waals surface area contributed by atoms with Crippen LogP contribution in [0.4, 0.5) is 10.1 Å². The zero-order valence-corrected chi connectivity index (χ0v) is 10.9. The summed E-state index contributed by atoms with van der Waals surface area (Å²) in [5.41, 5.74) is 0.188. The van der Waals surface area contributed by atoms with E-state index in [-0.39, 0.29) is 11.7 Å². The summed E-state index contributed by atoms with van der Waals surface area (Å²) < 4.78 is 12.9. The fourth-order valence-electron chi connectivity index (χ4n) is 2.18. The molecule has 0 bridgehead atoms. The summed E-state index contributed by atoms with van der Waals surface area (Å²) in [5, 5.41) is 3.26. The monoisotopic (exact) mass is 250 g/mol. The number of hydrogen-bond donors (Lipinski definition) is 1. The Morgan fingerprint density at radius 3 is 2.56 bits per heavy atom. The molecular formula is C14H19FN2O. The molecule has 1 fully saturated rings. The smallest absolute Gasteiger partial charge is 0.246 e. The van der Waals surface area contributed by atoms with Crippen molar-refractivity contribution in [1.82, 2.24) is 5.32 Å². The van der Waals surface area contributed by atoms with E-state index in [0.717, 1.165) is 25.1 Å². The zero-order chi connectivity index (χ0) is 13.2. The van der Waals surface area contributed by atoms with Gasteiger partial charge in [0, 0.05) is 12.2 Å². The molecule has 0 spiro atoms. The third kappa shape index (κ3) is 2.70. The summed E-state index contributed by atoms with van der Waals surface area (Å²) in [6.45, 7) is 5.32. The van der Waals surface area contributed by atoms with Crippen molar-refractivity contribution in [3.63, 3.8) is 0 Å². The lowest BCUT2D eigenvalue weighted by Crippen LogP contribution is -2.56. The maximum Gasteiger partial charge on any atom is 0.246 e. The molecule has 0 unspecified atom stereocenters. The Balaban J connectivity index is 2.28. The minimum Gasteiger partial charge on any atom is -0.311 e. The SMILES string of the molecule is CC1(C)NCCCCN(c2ccc(F)cc2)C1=O. The van der Waals surface area contributed by atoms with Gasteiger partial charge in [0.25, 0.3) is 0 Å². The first-order chi connectivity index (χ1) is 8.50. The van der Waals surface area contributed by atoms with E-state index in [1.165, 1.54) is 12.1 Å². The van der Waals surface area contributed by atoms with Crippen LogP contribution >= 0.6 is 0 Å². The molecule has 0 aromatic heterocycles. The summed E-state index contributed by atoms with van der Waals surface area (Å²) in [6.07, 6.45) is 1.99. The topological polar surface area (TPSA) is 32.3 Å². The van der Waals surface area contributed by atoms with Gasteiger partial charge in [0.05, 0.1) is 5.54 Å². The molecule has 1 aliphatic heterocycles. The maximum absolute atomic E-state index is 12.9. The molecule has 0 saturated carbocycles. The lowest BCUT2D eigenvalue weighted by Gasteiger charge is -2.35. The second kappa shape index (κ2) is 5.06. The number of amides is 1. The van der Waals surface area contributed by atoms with E-state index in [4.69, 9.17) is 0 Å². The van der Waals surface area contributed by atoms with Gasteiger partial charge in [-0.2, -0.15) is 0 Å². The van der Waals surface area contributed by atoms with Gasteiger partial charge in [-0.05, 0) is 57.5 Å². The molecule has 1 aromatic rings. The van der Waals surface area contributed by atoms with Crippen molar-refractivity contribution < 1.29 is 9.18 Å². The minimum absolute atomic E-state index is 0.0359. The highest BCUT2D eigenvalue weighted by Gasteiger charge is 2.33. The van der Waals surface area contributed by atoms with Gasteiger partial charge in [0.2, 0.25) is 5.91 Å². The van der Waals surface area contributed by atoms with Crippen molar-refractivity contribution in [2.75, 3.05) is 18.0 Å². The van der Waals surface area contributed by atoms with Crippen molar-refractivity contribution >= 4 is 11.6 Å². The van der Waals surface area contributed by atoms with Gasteiger partial charge in [-0.25, -0.2) is 4.39 Å². The summed E-state index contributed by atoms with van der Waals surface area (Å²) in [5.74, 6) is -0.246. The van der Waals surface area contributed by atoms with Crippen LogP contribution in [0.1, 0.15) is 26.7 Å². The van der Waals surface area contributed by atoms with Gasteiger partial charge < -0.3 is 10.2 Å². The number of nitrogens with zero attached hydrogens (tertiary/aromatic N) is 1. The van der Waals surface area contributed by atoms with Crippen molar-refractivity contribution in [3.8, 4) is 0 Å². The molecule has 4 heteroatoms. The lowest BCUT2D eigenvalue weighted by molar-refractivity contribution is -0.124.